The SMILES string of the molecule is CSC1=[N+](C)C(=O)C(c2ccccc2)C(=O)N1Cc1ccc(Cl)nc1. The minimum absolute atomic E-state index is 0.217. The Bertz CT molecular complexity index is 837. The maximum Gasteiger partial charge on any atom is 0.329 e. The Hall–Kier alpha value is -2.18. The number of benzene rings is 1. The van der Waals surface area contributed by atoms with Gasteiger partial charge in [0.1, 0.15) is 11.7 Å². The number of carbonyl (C=O) groups excluding carboxylic acids is 2. The maximum absolute atomic E-state index is 13.1. The fraction of sp³-hybridized carbons (Fsp3) is 0.222. The molecule has 0 N–H and O–H groups in total. The van der Waals surface area contributed by atoms with Crippen LogP contribution in [-0.4, -0.2) is 44.7 Å². The fourth-order valence-corrected chi connectivity index (χ4v) is 3.68. The molecular formula is C18H17ClN3O2S+. The largest absolute Gasteiger partial charge is 0.329 e. The minimum atomic E-state index is -0.831. The molecule has 25 heavy (non-hydrogen) atoms. The zero-order valence-electron chi connectivity index (χ0n) is 13.8. The second kappa shape index (κ2) is 7.37. The van der Waals surface area contributed by atoms with E-state index in [4.69, 9.17) is 11.6 Å². The van der Waals surface area contributed by atoms with Crippen LogP contribution in [-0.2, 0) is 16.1 Å². The standard InChI is InChI=1S/C18H17ClN3O2S/c1-21-16(23)15(13-6-4-3-5-7-13)17(24)22(18(21)25-2)11-12-8-9-14(19)20-10-12/h3-10,15H,11H2,1-2H3/q+1. The van der Waals surface area contributed by atoms with E-state index in [0.29, 0.717) is 22.4 Å². The second-order valence-corrected chi connectivity index (χ2v) is 6.80. The van der Waals surface area contributed by atoms with Crippen LogP contribution in [0.25, 0.3) is 0 Å². The average molecular weight is 375 g/mol. The number of hydrogen-bond donors (Lipinski definition) is 0. The Kier molecular flexibility index (Phi) is 5.20. The van der Waals surface area contributed by atoms with Gasteiger partial charge in [0, 0.05) is 11.8 Å². The molecular weight excluding hydrogens is 358 g/mol. The van der Waals surface area contributed by atoms with E-state index in [-0.39, 0.29) is 11.8 Å². The summed E-state index contributed by atoms with van der Waals surface area (Å²) in [7, 11) is 1.70. The van der Waals surface area contributed by atoms with Crippen LogP contribution in [0.4, 0.5) is 0 Å². The summed E-state index contributed by atoms with van der Waals surface area (Å²) in [5, 5.41) is 1.01. The summed E-state index contributed by atoms with van der Waals surface area (Å²) in [5.74, 6) is -1.28. The van der Waals surface area contributed by atoms with Gasteiger partial charge in [0.05, 0.1) is 7.05 Å². The highest BCUT2D eigenvalue weighted by molar-refractivity contribution is 8.13. The lowest BCUT2D eigenvalue weighted by Gasteiger charge is -2.26. The average Bonchev–Trinajstić information content (AvgIpc) is 2.63. The monoisotopic (exact) mass is 374 g/mol. The summed E-state index contributed by atoms with van der Waals surface area (Å²) in [6.45, 7) is 0.333. The van der Waals surface area contributed by atoms with E-state index in [9.17, 15) is 9.59 Å². The highest BCUT2D eigenvalue weighted by Gasteiger charge is 2.47. The van der Waals surface area contributed by atoms with E-state index in [1.165, 1.54) is 11.8 Å². The summed E-state index contributed by atoms with van der Waals surface area (Å²) in [6.07, 6.45) is 3.49. The van der Waals surface area contributed by atoms with Crippen molar-refractivity contribution in [2.45, 2.75) is 12.5 Å². The van der Waals surface area contributed by atoms with Crippen molar-refractivity contribution in [1.29, 1.82) is 0 Å². The van der Waals surface area contributed by atoms with Crippen molar-refractivity contribution >= 4 is 40.3 Å². The van der Waals surface area contributed by atoms with Gasteiger partial charge in [0.2, 0.25) is 0 Å². The molecule has 1 aromatic heterocycles. The highest BCUT2D eigenvalue weighted by Crippen LogP contribution is 2.27. The van der Waals surface area contributed by atoms with Crippen molar-refractivity contribution in [3.8, 4) is 0 Å². The van der Waals surface area contributed by atoms with Crippen molar-refractivity contribution < 1.29 is 14.2 Å². The fourth-order valence-electron chi connectivity index (χ4n) is 2.83. The molecule has 0 saturated heterocycles. The van der Waals surface area contributed by atoms with Crippen LogP contribution >= 0.6 is 23.4 Å². The third kappa shape index (κ3) is 3.45. The molecule has 3 rings (SSSR count). The highest BCUT2D eigenvalue weighted by atomic mass is 35.5. The lowest BCUT2D eigenvalue weighted by atomic mass is 9.95. The Morgan fingerprint density at radius 3 is 2.52 bits per heavy atom. The van der Waals surface area contributed by atoms with Crippen molar-refractivity contribution in [1.82, 2.24) is 9.88 Å². The van der Waals surface area contributed by atoms with Crippen LogP contribution in [0.1, 0.15) is 17.0 Å². The number of carbonyl (C=O) groups is 2. The van der Waals surface area contributed by atoms with Crippen molar-refractivity contribution in [2.75, 3.05) is 13.3 Å². The first-order valence-electron chi connectivity index (χ1n) is 7.68. The molecule has 2 amide bonds. The second-order valence-electron chi connectivity index (χ2n) is 5.64. The number of hydrogen-bond acceptors (Lipinski definition) is 4. The lowest BCUT2D eigenvalue weighted by molar-refractivity contribution is -0.424. The first-order valence-corrected chi connectivity index (χ1v) is 9.28. The van der Waals surface area contributed by atoms with Crippen LogP contribution in [0.15, 0.2) is 48.7 Å². The van der Waals surface area contributed by atoms with Gasteiger partial charge in [-0.3, -0.25) is 0 Å². The van der Waals surface area contributed by atoms with Crippen LogP contribution in [0.2, 0.25) is 5.15 Å². The summed E-state index contributed by atoms with van der Waals surface area (Å²) in [6, 6.07) is 12.7. The first kappa shape index (κ1) is 17.6. The molecule has 0 saturated carbocycles. The van der Waals surface area contributed by atoms with Gasteiger partial charge in [-0.15, -0.1) is 0 Å². The van der Waals surface area contributed by atoms with Gasteiger partial charge in [0.15, 0.2) is 5.92 Å². The molecule has 1 aromatic carbocycles. The summed E-state index contributed by atoms with van der Waals surface area (Å²) in [5.41, 5.74) is 1.54. The van der Waals surface area contributed by atoms with Crippen molar-refractivity contribution in [3.63, 3.8) is 0 Å². The minimum Gasteiger partial charge on any atom is -0.245 e. The molecule has 7 heteroatoms. The van der Waals surface area contributed by atoms with Gasteiger partial charge in [0.25, 0.3) is 0 Å². The summed E-state index contributed by atoms with van der Waals surface area (Å²) >= 11 is 7.20. The Morgan fingerprint density at radius 2 is 1.92 bits per heavy atom. The molecule has 1 aliphatic heterocycles. The number of rotatable bonds is 3. The molecule has 2 heterocycles. The maximum atomic E-state index is 13.1. The Morgan fingerprint density at radius 1 is 1.20 bits per heavy atom. The van der Waals surface area contributed by atoms with Crippen LogP contribution in [0, 0.1) is 0 Å². The van der Waals surface area contributed by atoms with Gasteiger partial charge in [-0.2, -0.15) is 9.48 Å². The molecule has 1 atom stereocenters. The van der Waals surface area contributed by atoms with E-state index >= 15 is 0 Å². The van der Waals surface area contributed by atoms with E-state index in [1.807, 2.05) is 30.5 Å². The molecule has 2 aromatic rings. The van der Waals surface area contributed by atoms with Gasteiger partial charge >= 0.3 is 17.0 Å². The number of likely N-dealkylation sites (N-methyl/N-ethyl adjacent to an activating group) is 1. The van der Waals surface area contributed by atoms with Crippen LogP contribution < -0.4 is 0 Å². The summed E-state index contributed by atoms with van der Waals surface area (Å²) < 4.78 is 1.55. The van der Waals surface area contributed by atoms with E-state index in [1.54, 1.807) is 40.9 Å². The van der Waals surface area contributed by atoms with E-state index in [0.717, 1.165) is 5.56 Å². The van der Waals surface area contributed by atoms with Crippen molar-refractivity contribution in [3.05, 3.63) is 64.9 Å². The van der Waals surface area contributed by atoms with Gasteiger partial charge in [-0.1, -0.05) is 48.0 Å². The molecule has 0 aliphatic carbocycles. The first-order chi connectivity index (χ1) is 12.0. The van der Waals surface area contributed by atoms with Crippen molar-refractivity contribution in [2.24, 2.45) is 0 Å². The molecule has 1 aliphatic rings. The lowest BCUT2D eigenvalue weighted by Crippen LogP contribution is -2.51. The molecule has 1 unspecified atom stereocenters. The zero-order valence-corrected chi connectivity index (χ0v) is 15.4. The number of nitrogens with zero attached hydrogens (tertiary/aromatic N) is 3. The zero-order chi connectivity index (χ0) is 18.0. The number of aromatic nitrogens is 1. The number of pyridine rings is 1. The normalized spacial score (nSPS) is 18.0. The van der Waals surface area contributed by atoms with E-state index < -0.39 is 5.92 Å². The number of amides is 2. The summed E-state index contributed by atoms with van der Waals surface area (Å²) in [4.78, 5) is 31.6. The molecule has 0 radical (unpaired) electrons. The van der Waals surface area contributed by atoms with Crippen LogP contribution in [0.3, 0.4) is 0 Å². The number of halogens is 1. The molecule has 0 bridgehead atoms. The van der Waals surface area contributed by atoms with Gasteiger partial charge in [-0.05, 0) is 29.6 Å². The third-order valence-electron chi connectivity index (χ3n) is 4.05. The number of thioether (sulfide) groups is 1. The van der Waals surface area contributed by atoms with Crippen LogP contribution in [0.5, 0.6) is 0 Å². The smallest absolute Gasteiger partial charge is 0.245 e. The topological polar surface area (TPSA) is 53.3 Å². The predicted molar refractivity (Wildman–Crippen MR) is 98.7 cm³/mol. The van der Waals surface area contributed by atoms with E-state index in [2.05, 4.69) is 4.98 Å². The predicted octanol–water partition coefficient (Wildman–Crippen LogP) is 2.75. The quantitative estimate of drug-likeness (QED) is 0.471. The van der Waals surface area contributed by atoms with Gasteiger partial charge in [-0.25, -0.2) is 14.6 Å². The third-order valence-corrected chi connectivity index (χ3v) is 5.14. The number of amidine groups is 1. The molecule has 128 valence electrons. The van der Waals surface area contributed by atoms with Gasteiger partial charge < -0.3 is 0 Å². The Labute approximate surface area is 155 Å². The molecule has 0 fully saturated rings. The Balaban J connectivity index is 2.01. The molecule has 5 nitrogen and oxygen atoms in total. The molecule has 0 spiro atoms.